The van der Waals surface area contributed by atoms with E-state index in [4.69, 9.17) is 0 Å². The second-order valence-corrected chi connectivity index (χ2v) is 17.8. The van der Waals surface area contributed by atoms with Crippen LogP contribution >= 0.6 is 0 Å². The van der Waals surface area contributed by atoms with Crippen molar-refractivity contribution < 1.29 is 0 Å². The maximum absolute atomic E-state index is 2.59. The van der Waals surface area contributed by atoms with E-state index in [9.17, 15) is 0 Å². The Hall–Kier alpha value is -4.62. The van der Waals surface area contributed by atoms with Gasteiger partial charge in [-0.15, -0.1) is 0 Å². The van der Waals surface area contributed by atoms with Crippen LogP contribution in [0.4, 0.5) is 17.1 Å². The molecule has 0 aliphatic heterocycles. The second-order valence-electron chi connectivity index (χ2n) is 17.8. The Morgan fingerprint density at radius 1 is 0.623 bits per heavy atom. The van der Waals surface area contributed by atoms with Crippen LogP contribution in [0.15, 0.2) is 121 Å². The van der Waals surface area contributed by atoms with Gasteiger partial charge in [-0.25, -0.2) is 0 Å². The van der Waals surface area contributed by atoms with Crippen LogP contribution in [-0.4, -0.2) is 0 Å². The zero-order valence-electron chi connectivity index (χ0n) is 32.9. The van der Waals surface area contributed by atoms with Gasteiger partial charge in [0.2, 0.25) is 0 Å². The predicted octanol–water partition coefficient (Wildman–Crippen LogP) is 14.9. The van der Waals surface area contributed by atoms with E-state index < -0.39 is 0 Å². The molecule has 0 heterocycles. The van der Waals surface area contributed by atoms with E-state index in [1.54, 1.807) is 5.57 Å². The number of hydrogen-bond donors (Lipinski definition) is 0. The first kappa shape index (κ1) is 34.2. The molecule has 0 spiro atoms. The molecule has 1 heteroatoms. The van der Waals surface area contributed by atoms with Gasteiger partial charge in [-0.05, 0) is 129 Å². The molecule has 0 aromatic heterocycles. The summed E-state index contributed by atoms with van der Waals surface area (Å²) in [5.41, 5.74) is 20.4. The van der Waals surface area contributed by atoms with Gasteiger partial charge in [-0.3, -0.25) is 0 Å². The van der Waals surface area contributed by atoms with Gasteiger partial charge in [0.1, 0.15) is 0 Å². The largest absolute Gasteiger partial charge is 0.310 e. The van der Waals surface area contributed by atoms with Crippen LogP contribution in [-0.2, 0) is 10.8 Å². The number of hydrogen-bond acceptors (Lipinski definition) is 1. The number of benzene rings is 5. The van der Waals surface area contributed by atoms with Crippen molar-refractivity contribution in [3.63, 3.8) is 0 Å². The lowest BCUT2D eigenvalue weighted by atomic mass is 9.78. The monoisotopic (exact) mass is 693 g/mol. The van der Waals surface area contributed by atoms with Gasteiger partial charge in [0.15, 0.2) is 0 Å². The number of rotatable bonds is 6. The van der Waals surface area contributed by atoms with E-state index >= 15 is 0 Å². The Labute approximate surface area is 318 Å². The first-order valence-corrected chi connectivity index (χ1v) is 20.4. The van der Waals surface area contributed by atoms with Crippen molar-refractivity contribution in [2.75, 3.05) is 4.90 Å². The number of allylic oxidation sites excluding steroid dienone is 4. The lowest BCUT2D eigenvalue weighted by molar-refractivity contribution is 0.443. The topological polar surface area (TPSA) is 3.24 Å². The molecule has 0 amide bonds. The second kappa shape index (κ2) is 12.8. The van der Waals surface area contributed by atoms with Crippen molar-refractivity contribution in [1.29, 1.82) is 0 Å². The minimum Gasteiger partial charge on any atom is -0.310 e. The van der Waals surface area contributed by atoms with Crippen molar-refractivity contribution in [2.45, 2.75) is 110 Å². The third-order valence-corrected chi connectivity index (χ3v) is 13.5. The zero-order chi connectivity index (χ0) is 36.6. The normalized spacial score (nSPS) is 19.6. The predicted molar refractivity (Wildman–Crippen MR) is 227 cm³/mol. The van der Waals surface area contributed by atoms with Gasteiger partial charge < -0.3 is 4.90 Å². The fourth-order valence-electron chi connectivity index (χ4n) is 10.4. The number of fused-ring (bicyclic) bond motifs is 5. The Bertz CT molecular complexity index is 2280. The van der Waals surface area contributed by atoms with E-state index in [0.29, 0.717) is 17.8 Å². The highest BCUT2D eigenvalue weighted by atomic mass is 15.1. The van der Waals surface area contributed by atoms with Gasteiger partial charge >= 0.3 is 0 Å². The highest BCUT2D eigenvalue weighted by Crippen LogP contribution is 2.55. The molecule has 1 nitrogen and oxygen atoms in total. The van der Waals surface area contributed by atoms with Crippen LogP contribution in [0.3, 0.4) is 0 Å². The molecule has 53 heavy (non-hydrogen) atoms. The first-order chi connectivity index (χ1) is 25.5. The summed E-state index contributed by atoms with van der Waals surface area (Å²) in [6.45, 7) is 16.7. The Morgan fingerprint density at radius 2 is 1.26 bits per heavy atom. The van der Waals surface area contributed by atoms with Crippen LogP contribution < -0.4 is 4.90 Å². The molecular formula is C52H55N. The molecular weight excluding hydrogens is 639 g/mol. The van der Waals surface area contributed by atoms with E-state index in [2.05, 4.69) is 169 Å². The van der Waals surface area contributed by atoms with Gasteiger partial charge in [-0.1, -0.05) is 153 Å². The van der Waals surface area contributed by atoms with Crippen LogP contribution in [0.1, 0.15) is 132 Å². The van der Waals surface area contributed by atoms with Gasteiger partial charge in [0, 0.05) is 27.8 Å². The smallest absolute Gasteiger partial charge is 0.0542 e. The number of nitrogens with zero attached hydrogens (tertiary/aromatic N) is 1. The van der Waals surface area contributed by atoms with Gasteiger partial charge in [0.25, 0.3) is 0 Å². The quantitative estimate of drug-likeness (QED) is 0.171. The van der Waals surface area contributed by atoms with Gasteiger partial charge in [-0.2, -0.15) is 0 Å². The fraction of sp³-hybridized carbons (Fsp3) is 0.346. The maximum atomic E-state index is 2.59. The van der Waals surface area contributed by atoms with Crippen LogP contribution in [0.5, 0.6) is 0 Å². The third-order valence-electron chi connectivity index (χ3n) is 13.5. The Kier molecular flexibility index (Phi) is 8.22. The molecule has 0 N–H and O–H groups in total. The number of anilines is 3. The van der Waals surface area contributed by atoms with Crippen LogP contribution in [0.25, 0.3) is 27.8 Å². The molecule has 1 atom stereocenters. The summed E-state index contributed by atoms with van der Waals surface area (Å²) in [7, 11) is 0. The average Bonchev–Trinajstić information content (AvgIpc) is 3.55. The average molecular weight is 694 g/mol. The highest BCUT2D eigenvalue weighted by molar-refractivity contribution is 5.93. The molecule has 5 aromatic rings. The molecule has 0 bridgehead atoms. The van der Waals surface area contributed by atoms with E-state index in [1.165, 1.54) is 110 Å². The zero-order valence-corrected chi connectivity index (χ0v) is 32.9. The van der Waals surface area contributed by atoms with Crippen LogP contribution in [0, 0.1) is 5.92 Å². The summed E-state index contributed by atoms with van der Waals surface area (Å²) in [6, 6.07) is 40.5. The summed E-state index contributed by atoms with van der Waals surface area (Å²) in [5, 5.41) is 0. The van der Waals surface area contributed by atoms with Crippen molar-refractivity contribution in [3.05, 3.63) is 154 Å². The van der Waals surface area contributed by atoms with Gasteiger partial charge in [0.05, 0.1) is 5.69 Å². The maximum Gasteiger partial charge on any atom is 0.0542 e. The van der Waals surface area contributed by atoms with Crippen molar-refractivity contribution >= 4 is 22.6 Å². The Balaban J connectivity index is 1.25. The SMILES string of the molecule is CC1CC=CC2=C1c1ccc(N(c3ccc4c(c3)C(C)(C)c3ccccc3-4)c3cc(C(C)C)ccc3-c3ccc(C4CCCCC4)cc3)cc1C2(C)C. The summed E-state index contributed by atoms with van der Waals surface area (Å²) >= 11 is 0. The van der Waals surface area contributed by atoms with Crippen molar-refractivity contribution in [1.82, 2.24) is 0 Å². The molecule has 1 saturated carbocycles. The summed E-state index contributed by atoms with van der Waals surface area (Å²) in [5.74, 6) is 1.64. The van der Waals surface area contributed by atoms with E-state index in [-0.39, 0.29) is 10.8 Å². The van der Waals surface area contributed by atoms with Crippen molar-refractivity contribution in [2.24, 2.45) is 5.92 Å². The summed E-state index contributed by atoms with van der Waals surface area (Å²) in [6.07, 6.45) is 12.7. The summed E-state index contributed by atoms with van der Waals surface area (Å²) < 4.78 is 0. The molecule has 4 aliphatic rings. The van der Waals surface area contributed by atoms with Crippen molar-refractivity contribution in [3.8, 4) is 22.3 Å². The standard InChI is InChI=1S/C52H55N/c1-33(2)38-24-27-41(37-22-20-36(21-23-37)35-15-9-8-10-16-35)49(30-38)53(39-25-28-43-42-17-11-12-18-45(42)51(4,5)47(43)31-39)40-26-29-44-48(32-40)52(6,7)46-19-13-14-34(3)50(44)46/h11-13,17-35H,8-10,14-16H2,1-7H3. The lowest BCUT2D eigenvalue weighted by Gasteiger charge is -2.32. The van der Waals surface area contributed by atoms with Crippen LogP contribution in [0.2, 0.25) is 0 Å². The molecule has 4 aliphatic carbocycles. The molecule has 0 saturated heterocycles. The van der Waals surface area contributed by atoms with E-state index in [0.717, 1.165) is 6.42 Å². The minimum atomic E-state index is -0.0868. The highest BCUT2D eigenvalue weighted by Gasteiger charge is 2.40. The molecule has 1 fully saturated rings. The van der Waals surface area contributed by atoms with E-state index in [1.807, 2.05) is 0 Å². The third kappa shape index (κ3) is 5.48. The fourth-order valence-corrected chi connectivity index (χ4v) is 10.4. The molecule has 1 unspecified atom stereocenters. The lowest BCUT2D eigenvalue weighted by Crippen LogP contribution is -2.19. The molecule has 0 radical (unpaired) electrons. The molecule has 268 valence electrons. The summed E-state index contributed by atoms with van der Waals surface area (Å²) in [4.78, 5) is 2.59. The minimum absolute atomic E-state index is 0.0589. The molecule has 5 aromatic carbocycles. The molecule has 9 rings (SSSR count). The Morgan fingerprint density at radius 3 is 1.98 bits per heavy atom. The first-order valence-electron chi connectivity index (χ1n) is 20.4.